The standard InChI is InChI=1S/C10H14N2O3S/c1-12(16(2,14)15)9(10(11)13)8-6-4-3-5-7-8/h3-7,9H,1-2H3,(H2,11,13). The predicted octanol–water partition coefficient (Wildman–Crippen LogP) is 0.104. The first-order valence-corrected chi connectivity index (χ1v) is 6.46. The third-order valence-corrected chi connectivity index (χ3v) is 3.53. The van der Waals surface area contributed by atoms with Crippen LogP contribution in [0.1, 0.15) is 11.6 Å². The quantitative estimate of drug-likeness (QED) is 0.813. The lowest BCUT2D eigenvalue weighted by Gasteiger charge is -2.23. The Kier molecular flexibility index (Phi) is 3.66. The zero-order chi connectivity index (χ0) is 12.3. The third kappa shape index (κ3) is 2.80. The summed E-state index contributed by atoms with van der Waals surface area (Å²) in [5, 5.41) is 0. The molecule has 16 heavy (non-hydrogen) atoms. The van der Waals surface area contributed by atoms with Gasteiger partial charge in [-0.25, -0.2) is 8.42 Å². The second-order valence-corrected chi connectivity index (χ2v) is 5.54. The first-order chi connectivity index (χ1) is 7.34. The van der Waals surface area contributed by atoms with Crippen LogP contribution < -0.4 is 5.73 Å². The minimum atomic E-state index is -3.46. The summed E-state index contributed by atoms with van der Waals surface area (Å²) >= 11 is 0. The number of carbonyl (C=O) groups excluding carboxylic acids is 1. The Balaban J connectivity index is 3.17. The molecule has 0 aliphatic heterocycles. The Bertz CT molecular complexity index is 470. The zero-order valence-corrected chi connectivity index (χ0v) is 9.94. The fourth-order valence-electron chi connectivity index (χ4n) is 1.38. The maximum absolute atomic E-state index is 11.4. The van der Waals surface area contributed by atoms with E-state index in [2.05, 4.69) is 0 Å². The molecule has 0 saturated carbocycles. The van der Waals surface area contributed by atoms with Gasteiger partial charge in [-0.2, -0.15) is 4.31 Å². The highest BCUT2D eigenvalue weighted by atomic mass is 32.2. The highest BCUT2D eigenvalue weighted by Gasteiger charge is 2.28. The minimum Gasteiger partial charge on any atom is -0.368 e. The normalized spacial score (nSPS) is 13.7. The fraction of sp³-hybridized carbons (Fsp3) is 0.300. The van der Waals surface area contributed by atoms with E-state index in [0.29, 0.717) is 5.56 Å². The molecule has 0 radical (unpaired) electrons. The van der Waals surface area contributed by atoms with Crippen LogP contribution in [0.3, 0.4) is 0 Å². The molecule has 1 rings (SSSR count). The minimum absolute atomic E-state index is 0.558. The molecule has 0 aromatic heterocycles. The number of primary amides is 1. The van der Waals surface area contributed by atoms with Crippen LogP contribution >= 0.6 is 0 Å². The molecule has 1 atom stereocenters. The smallest absolute Gasteiger partial charge is 0.240 e. The molecule has 6 heteroatoms. The molecule has 0 spiro atoms. The summed E-state index contributed by atoms with van der Waals surface area (Å²) < 4.78 is 23.7. The lowest BCUT2D eigenvalue weighted by molar-refractivity contribution is -0.121. The van der Waals surface area contributed by atoms with Gasteiger partial charge >= 0.3 is 0 Å². The van der Waals surface area contributed by atoms with E-state index in [1.807, 2.05) is 0 Å². The molecule has 2 N–H and O–H groups in total. The van der Waals surface area contributed by atoms with Crippen molar-refractivity contribution >= 4 is 15.9 Å². The molecule has 0 fully saturated rings. The summed E-state index contributed by atoms with van der Waals surface area (Å²) in [5.74, 6) is -0.695. The molecule has 0 saturated heterocycles. The third-order valence-electron chi connectivity index (χ3n) is 2.27. The van der Waals surface area contributed by atoms with Crippen LogP contribution in [-0.4, -0.2) is 31.9 Å². The largest absolute Gasteiger partial charge is 0.368 e. The highest BCUT2D eigenvalue weighted by molar-refractivity contribution is 7.88. The van der Waals surface area contributed by atoms with Crippen molar-refractivity contribution in [2.75, 3.05) is 13.3 Å². The Morgan fingerprint density at radius 3 is 2.19 bits per heavy atom. The lowest BCUT2D eigenvalue weighted by Crippen LogP contribution is -2.38. The van der Waals surface area contributed by atoms with Crippen LogP contribution in [0.4, 0.5) is 0 Å². The second kappa shape index (κ2) is 4.63. The SMILES string of the molecule is CN(C(C(N)=O)c1ccccc1)S(C)(=O)=O. The van der Waals surface area contributed by atoms with Crippen LogP contribution in [-0.2, 0) is 14.8 Å². The molecule has 0 aliphatic carbocycles. The Hall–Kier alpha value is -1.40. The van der Waals surface area contributed by atoms with Gasteiger partial charge in [0.05, 0.1) is 6.26 Å². The maximum atomic E-state index is 11.4. The fourth-order valence-corrected chi connectivity index (χ4v) is 1.99. The Morgan fingerprint density at radius 1 is 1.31 bits per heavy atom. The van der Waals surface area contributed by atoms with Crippen LogP contribution in [0.15, 0.2) is 30.3 Å². The molecular formula is C10H14N2O3S. The summed E-state index contributed by atoms with van der Waals surface area (Å²) in [7, 11) is -2.13. The number of nitrogens with zero attached hydrogens (tertiary/aromatic N) is 1. The van der Waals surface area contributed by atoms with Crippen molar-refractivity contribution in [1.29, 1.82) is 0 Å². The van der Waals surface area contributed by atoms with Crippen LogP contribution in [0.25, 0.3) is 0 Å². The van der Waals surface area contributed by atoms with Crippen molar-refractivity contribution in [3.05, 3.63) is 35.9 Å². The van der Waals surface area contributed by atoms with E-state index in [4.69, 9.17) is 5.73 Å². The molecule has 1 amide bonds. The van der Waals surface area contributed by atoms with Gasteiger partial charge in [0.25, 0.3) is 0 Å². The molecule has 1 aromatic rings. The molecule has 88 valence electrons. The van der Waals surface area contributed by atoms with Crippen molar-refractivity contribution in [2.45, 2.75) is 6.04 Å². The van der Waals surface area contributed by atoms with Crippen LogP contribution in [0.5, 0.6) is 0 Å². The second-order valence-electron chi connectivity index (χ2n) is 3.49. The monoisotopic (exact) mass is 242 g/mol. The number of sulfonamides is 1. The number of rotatable bonds is 4. The predicted molar refractivity (Wildman–Crippen MR) is 61.0 cm³/mol. The van der Waals surface area contributed by atoms with Gasteiger partial charge in [-0.15, -0.1) is 0 Å². The summed E-state index contributed by atoms with van der Waals surface area (Å²) in [6, 6.07) is 7.59. The first-order valence-electron chi connectivity index (χ1n) is 4.61. The van der Waals surface area contributed by atoms with E-state index >= 15 is 0 Å². The molecule has 0 bridgehead atoms. The zero-order valence-electron chi connectivity index (χ0n) is 9.12. The van der Waals surface area contributed by atoms with Gasteiger partial charge in [0.15, 0.2) is 0 Å². The van der Waals surface area contributed by atoms with Crippen LogP contribution in [0, 0.1) is 0 Å². The van der Waals surface area contributed by atoms with Crippen molar-refractivity contribution < 1.29 is 13.2 Å². The van der Waals surface area contributed by atoms with E-state index in [0.717, 1.165) is 10.6 Å². The van der Waals surface area contributed by atoms with Gasteiger partial charge in [-0.05, 0) is 5.56 Å². The number of hydrogen-bond acceptors (Lipinski definition) is 3. The summed E-state index contributed by atoms with van der Waals surface area (Å²) in [4.78, 5) is 11.3. The molecular weight excluding hydrogens is 228 g/mol. The van der Waals surface area contributed by atoms with Crippen molar-refractivity contribution in [3.63, 3.8) is 0 Å². The van der Waals surface area contributed by atoms with Crippen LogP contribution in [0.2, 0.25) is 0 Å². The summed E-state index contributed by atoms with van der Waals surface area (Å²) in [5.41, 5.74) is 5.78. The van der Waals surface area contributed by atoms with Gasteiger partial charge in [-0.1, -0.05) is 30.3 Å². The lowest BCUT2D eigenvalue weighted by atomic mass is 10.1. The van der Waals surface area contributed by atoms with Gasteiger partial charge in [0, 0.05) is 7.05 Å². The van der Waals surface area contributed by atoms with E-state index in [1.54, 1.807) is 30.3 Å². The molecule has 1 aromatic carbocycles. The average Bonchev–Trinajstić information content (AvgIpc) is 2.17. The van der Waals surface area contributed by atoms with Gasteiger partial charge in [0.1, 0.15) is 6.04 Å². The van der Waals surface area contributed by atoms with Crippen molar-refractivity contribution in [3.8, 4) is 0 Å². The van der Waals surface area contributed by atoms with E-state index < -0.39 is 22.0 Å². The van der Waals surface area contributed by atoms with E-state index in [9.17, 15) is 13.2 Å². The Labute approximate surface area is 94.9 Å². The topological polar surface area (TPSA) is 80.5 Å². The number of hydrogen-bond donors (Lipinski definition) is 1. The Morgan fingerprint density at radius 2 is 1.81 bits per heavy atom. The summed E-state index contributed by atoms with van der Waals surface area (Å²) in [6.07, 6.45) is 1.03. The van der Waals surface area contributed by atoms with Gasteiger partial charge in [-0.3, -0.25) is 4.79 Å². The van der Waals surface area contributed by atoms with Gasteiger partial charge in [0.2, 0.25) is 15.9 Å². The maximum Gasteiger partial charge on any atom is 0.240 e. The van der Waals surface area contributed by atoms with Crippen molar-refractivity contribution in [1.82, 2.24) is 4.31 Å². The average molecular weight is 242 g/mol. The summed E-state index contributed by atoms with van der Waals surface area (Å²) in [6.45, 7) is 0. The molecule has 5 nitrogen and oxygen atoms in total. The van der Waals surface area contributed by atoms with E-state index in [-0.39, 0.29) is 0 Å². The number of carbonyl (C=O) groups is 1. The van der Waals surface area contributed by atoms with Crippen molar-refractivity contribution in [2.24, 2.45) is 5.73 Å². The van der Waals surface area contributed by atoms with Gasteiger partial charge < -0.3 is 5.73 Å². The molecule has 0 heterocycles. The number of amides is 1. The first kappa shape index (κ1) is 12.7. The number of likely N-dealkylation sites (N-methyl/N-ethyl adjacent to an activating group) is 1. The highest BCUT2D eigenvalue weighted by Crippen LogP contribution is 2.20. The number of benzene rings is 1. The molecule has 1 unspecified atom stereocenters. The van der Waals surface area contributed by atoms with E-state index in [1.165, 1.54) is 7.05 Å². The number of nitrogens with two attached hydrogens (primary N) is 1. The molecule has 0 aliphatic rings.